The second-order valence-corrected chi connectivity index (χ2v) is 4.74. The molecule has 2 rings (SSSR count). The zero-order valence-corrected chi connectivity index (χ0v) is 11.4. The Morgan fingerprint density at radius 2 is 2.21 bits per heavy atom. The summed E-state index contributed by atoms with van der Waals surface area (Å²) in [6.07, 6.45) is 1.26. The van der Waals surface area contributed by atoms with Gasteiger partial charge in [-0.3, -0.25) is 4.57 Å². The van der Waals surface area contributed by atoms with Crippen LogP contribution in [0.15, 0.2) is 27.4 Å². The first-order valence-corrected chi connectivity index (χ1v) is 6.29. The molecule has 1 aromatic carbocycles. The summed E-state index contributed by atoms with van der Waals surface area (Å²) in [5.74, 6) is -0.190. The van der Waals surface area contributed by atoms with Crippen molar-refractivity contribution in [2.24, 2.45) is 7.05 Å². The summed E-state index contributed by atoms with van der Waals surface area (Å²) in [4.78, 5) is 22.5. The SMILES string of the molecule is CNC(CCC(C)=O)c1ccc2c(c1)oc(=O)n2C. The molecule has 2 aromatic rings. The molecule has 1 aromatic heterocycles. The number of carbonyl (C=O) groups excluding carboxylic acids is 1. The Balaban J connectivity index is 2.33. The highest BCUT2D eigenvalue weighted by molar-refractivity contribution is 5.76. The van der Waals surface area contributed by atoms with Gasteiger partial charge in [-0.2, -0.15) is 0 Å². The molecule has 0 aliphatic rings. The third kappa shape index (κ3) is 2.76. The summed E-state index contributed by atoms with van der Waals surface area (Å²) >= 11 is 0. The molecule has 19 heavy (non-hydrogen) atoms. The van der Waals surface area contributed by atoms with E-state index in [9.17, 15) is 9.59 Å². The molecule has 1 heterocycles. The van der Waals surface area contributed by atoms with Crippen molar-refractivity contribution in [1.29, 1.82) is 0 Å². The van der Waals surface area contributed by atoms with E-state index < -0.39 is 0 Å². The van der Waals surface area contributed by atoms with E-state index in [4.69, 9.17) is 4.42 Å². The summed E-state index contributed by atoms with van der Waals surface area (Å²) in [7, 11) is 3.54. The van der Waals surface area contributed by atoms with Crippen molar-refractivity contribution in [3.63, 3.8) is 0 Å². The van der Waals surface area contributed by atoms with E-state index in [1.165, 1.54) is 4.57 Å². The number of Topliss-reactive ketones (excluding diaryl/α,β-unsaturated/α-hetero) is 1. The summed E-state index contributed by atoms with van der Waals surface area (Å²) in [5, 5.41) is 3.18. The van der Waals surface area contributed by atoms with Gasteiger partial charge in [0, 0.05) is 19.5 Å². The minimum absolute atomic E-state index is 0.0822. The quantitative estimate of drug-likeness (QED) is 0.891. The molecule has 5 heteroatoms. The molecule has 0 spiro atoms. The second-order valence-electron chi connectivity index (χ2n) is 4.74. The molecule has 0 amide bonds. The maximum Gasteiger partial charge on any atom is 0.419 e. The number of benzene rings is 1. The van der Waals surface area contributed by atoms with Crippen molar-refractivity contribution < 1.29 is 9.21 Å². The van der Waals surface area contributed by atoms with Crippen molar-refractivity contribution in [2.75, 3.05) is 7.05 Å². The fraction of sp³-hybridized carbons (Fsp3) is 0.429. The van der Waals surface area contributed by atoms with E-state index in [0.717, 1.165) is 17.5 Å². The molecule has 1 N–H and O–H groups in total. The smallest absolute Gasteiger partial charge is 0.408 e. The molecule has 0 fully saturated rings. The van der Waals surface area contributed by atoms with Gasteiger partial charge in [0.15, 0.2) is 5.58 Å². The molecular weight excluding hydrogens is 244 g/mol. The number of nitrogens with zero attached hydrogens (tertiary/aromatic N) is 1. The first-order chi connectivity index (χ1) is 9.02. The Bertz CT molecular complexity index is 654. The van der Waals surface area contributed by atoms with E-state index in [-0.39, 0.29) is 17.6 Å². The molecule has 0 aliphatic carbocycles. The average molecular weight is 262 g/mol. The van der Waals surface area contributed by atoms with Crippen molar-refractivity contribution in [1.82, 2.24) is 9.88 Å². The van der Waals surface area contributed by atoms with Crippen LogP contribution in [0.4, 0.5) is 0 Å². The second kappa shape index (κ2) is 5.40. The molecular formula is C14H18N2O3. The first-order valence-electron chi connectivity index (χ1n) is 6.29. The van der Waals surface area contributed by atoms with Crippen molar-refractivity contribution in [2.45, 2.75) is 25.8 Å². The Labute approximate surface area is 111 Å². The van der Waals surface area contributed by atoms with Gasteiger partial charge in [0.1, 0.15) is 5.78 Å². The highest BCUT2D eigenvalue weighted by atomic mass is 16.4. The largest absolute Gasteiger partial charge is 0.419 e. The highest BCUT2D eigenvalue weighted by Gasteiger charge is 2.13. The normalized spacial score (nSPS) is 12.8. The lowest BCUT2D eigenvalue weighted by molar-refractivity contribution is -0.117. The van der Waals surface area contributed by atoms with E-state index >= 15 is 0 Å². The molecule has 0 saturated carbocycles. The van der Waals surface area contributed by atoms with Gasteiger partial charge in [0.2, 0.25) is 0 Å². The molecule has 102 valence electrons. The molecule has 1 unspecified atom stereocenters. The van der Waals surface area contributed by atoms with Crippen molar-refractivity contribution in [3.8, 4) is 0 Å². The van der Waals surface area contributed by atoms with Gasteiger partial charge in [-0.1, -0.05) is 6.07 Å². The molecule has 5 nitrogen and oxygen atoms in total. The predicted molar refractivity (Wildman–Crippen MR) is 73.2 cm³/mol. The number of hydrogen-bond donors (Lipinski definition) is 1. The molecule has 0 aliphatic heterocycles. The number of oxazole rings is 1. The van der Waals surface area contributed by atoms with Gasteiger partial charge in [-0.05, 0) is 38.1 Å². The highest BCUT2D eigenvalue weighted by Crippen LogP contribution is 2.22. The van der Waals surface area contributed by atoms with Gasteiger partial charge >= 0.3 is 5.76 Å². The number of rotatable bonds is 5. The average Bonchev–Trinajstić information content (AvgIpc) is 2.65. The van der Waals surface area contributed by atoms with E-state index in [2.05, 4.69) is 5.32 Å². The zero-order valence-electron chi connectivity index (χ0n) is 11.4. The van der Waals surface area contributed by atoms with Crippen LogP contribution in [0.25, 0.3) is 11.1 Å². The van der Waals surface area contributed by atoms with Crippen LogP contribution >= 0.6 is 0 Å². The summed E-state index contributed by atoms with van der Waals surface area (Å²) in [5.41, 5.74) is 2.37. The number of nitrogens with one attached hydrogen (secondary N) is 1. The third-order valence-electron chi connectivity index (χ3n) is 3.35. The first kappa shape index (κ1) is 13.5. The van der Waals surface area contributed by atoms with Gasteiger partial charge in [0.05, 0.1) is 5.52 Å². The fourth-order valence-corrected chi connectivity index (χ4v) is 2.19. The number of aryl methyl sites for hydroxylation is 1. The molecule has 0 radical (unpaired) electrons. The summed E-state index contributed by atoms with van der Waals surface area (Å²) in [6.45, 7) is 1.59. The van der Waals surface area contributed by atoms with Crippen LogP contribution in [0.3, 0.4) is 0 Å². The van der Waals surface area contributed by atoms with Gasteiger partial charge in [0.25, 0.3) is 0 Å². The predicted octanol–water partition coefficient (Wildman–Crippen LogP) is 1.76. The van der Waals surface area contributed by atoms with Crippen LogP contribution in [0, 0.1) is 0 Å². The van der Waals surface area contributed by atoms with Crippen molar-refractivity contribution in [3.05, 3.63) is 34.3 Å². The third-order valence-corrected chi connectivity index (χ3v) is 3.35. The number of fused-ring (bicyclic) bond motifs is 1. The van der Waals surface area contributed by atoms with Crippen LogP contribution < -0.4 is 11.1 Å². The molecule has 1 atom stereocenters. The van der Waals surface area contributed by atoms with Crippen LogP contribution in [0.5, 0.6) is 0 Å². The zero-order chi connectivity index (χ0) is 14.0. The Morgan fingerprint density at radius 1 is 1.47 bits per heavy atom. The summed E-state index contributed by atoms with van der Waals surface area (Å²) < 4.78 is 6.65. The van der Waals surface area contributed by atoms with E-state index in [1.54, 1.807) is 14.0 Å². The lowest BCUT2D eigenvalue weighted by Gasteiger charge is -2.15. The van der Waals surface area contributed by atoms with E-state index in [0.29, 0.717) is 12.0 Å². The Kier molecular flexibility index (Phi) is 3.85. The van der Waals surface area contributed by atoms with Crippen LogP contribution in [0.2, 0.25) is 0 Å². The lowest BCUT2D eigenvalue weighted by atomic mass is 10.0. The topological polar surface area (TPSA) is 64.2 Å². The Morgan fingerprint density at radius 3 is 2.84 bits per heavy atom. The maximum atomic E-state index is 11.4. The van der Waals surface area contributed by atoms with Crippen LogP contribution in [-0.4, -0.2) is 17.4 Å². The number of ketones is 1. The standard InChI is InChI=1S/C14H18N2O3/c1-9(17)4-6-11(15-2)10-5-7-12-13(8-10)19-14(18)16(12)3/h5,7-8,11,15H,4,6H2,1-3H3. The van der Waals surface area contributed by atoms with Gasteiger partial charge in [-0.25, -0.2) is 4.79 Å². The minimum Gasteiger partial charge on any atom is -0.408 e. The van der Waals surface area contributed by atoms with Crippen LogP contribution in [-0.2, 0) is 11.8 Å². The van der Waals surface area contributed by atoms with Crippen molar-refractivity contribution >= 4 is 16.9 Å². The molecule has 0 bridgehead atoms. The number of aromatic nitrogens is 1. The van der Waals surface area contributed by atoms with Gasteiger partial charge in [-0.15, -0.1) is 0 Å². The monoisotopic (exact) mass is 262 g/mol. The number of carbonyl (C=O) groups is 1. The fourth-order valence-electron chi connectivity index (χ4n) is 2.19. The van der Waals surface area contributed by atoms with Gasteiger partial charge < -0.3 is 14.5 Å². The lowest BCUT2D eigenvalue weighted by Crippen LogP contribution is -2.17. The maximum absolute atomic E-state index is 11.4. The minimum atomic E-state index is -0.364. The van der Waals surface area contributed by atoms with E-state index in [1.807, 2.05) is 25.2 Å². The van der Waals surface area contributed by atoms with Crippen LogP contribution in [0.1, 0.15) is 31.4 Å². The summed E-state index contributed by atoms with van der Waals surface area (Å²) in [6, 6.07) is 5.77. The number of hydrogen-bond acceptors (Lipinski definition) is 4. The Hall–Kier alpha value is -1.88. The molecule has 0 saturated heterocycles.